The molecule has 0 saturated heterocycles. The number of amides is 1. The summed E-state index contributed by atoms with van der Waals surface area (Å²) in [7, 11) is 0. The number of carbonyl (C=O) groups is 1. The Balaban J connectivity index is 1.80. The third kappa shape index (κ3) is 5.55. The summed E-state index contributed by atoms with van der Waals surface area (Å²) in [5, 5.41) is 13.6. The average Bonchev–Trinajstić information content (AvgIpc) is 2.57. The smallest absolute Gasteiger partial charge is 0.407 e. The number of hydrogen-bond acceptors (Lipinski definition) is 3. The van der Waals surface area contributed by atoms with Crippen LogP contribution in [0.5, 0.6) is 0 Å². The fourth-order valence-corrected chi connectivity index (χ4v) is 2.42. The van der Waals surface area contributed by atoms with Crippen LogP contribution in [0.2, 0.25) is 5.02 Å². The summed E-state index contributed by atoms with van der Waals surface area (Å²) in [6, 6.07) is 14.6. The highest BCUT2D eigenvalue weighted by Gasteiger charge is 2.18. The first-order valence-corrected chi connectivity index (χ1v) is 8.24. The molecule has 0 fully saturated rings. The van der Waals surface area contributed by atoms with E-state index in [1.807, 2.05) is 55.5 Å². The monoisotopic (exact) mass is 347 g/mol. The lowest BCUT2D eigenvalue weighted by Gasteiger charge is -2.20. The van der Waals surface area contributed by atoms with Crippen LogP contribution < -0.4 is 5.32 Å². The second-order valence-corrected chi connectivity index (χ2v) is 6.26. The molecule has 0 heterocycles. The number of aryl methyl sites for hydroxylation is 1. The van der Waals surface area contributed by atoms with E-state index in [0.717, 1.165) is 16.7 Å². The zero-order valence-corrected chi connectivity index (χ0v) is 14.6. The first-order valence-electron chi connectivity index (χ1n) is 7.86. The number of alkyl carbamates (subject to hydrolysis) is 1. The van der Waals surface area contributed by atoms with Crippen molar-refractivity contribution >= 4 is 17.7 Å². The number of benzene rings is 2. The minimum absolute atomic E-state index is 0.200. The van der Waals surface area contributed by atoms with Gasteiger partial charge in [-0.1, -0.05) is 54.1 Å². The predicted molar refractivity (Wildman–Crippen MR) is 95.1 cm³/mol. The van der Waals surface area contributed by atoms with E-state index >= 15 is 0 Å². The Labute approximate surface area is 147 Å². The van der Waals surface area contributed by atoms with Crippen LogP contribution in [0.25, 0.3) is 0 Å². The van der Waals surface area contributed by atoms with Crippen molar-refractivity contribution in [3.8, 4) is 0 Å². The molecule has 4 nitrogen and oxygen atoms in total. The molecular formula is C19H22ClNO3. The summed E-state index contributed by atoms with van der Waals surface area (Å²) in [6.45, 7) is 3.87. The predicted octanol–water partition coefficient (Wildman–Crippen LogP) is 3.87. The van der Waals surface area contributed by atoms with Crippen molar-refractivity contribution in [1.82, 2.24) is 5.32 Å². The number of rotatable bonds is 6. The molecule has 0 radical (unpaired) electrons. The highest BCUT2D eigenvalue weighted by Crippen LogP contribution is 2.17. The Morgan fingerprint density at radius 1 is 1.21 bits per heavy atom. The Hall–Kier alpha value is -2.04. The topological polar surface area (TPSA) is 58.6 Å². The van der Waals surface area contributed by atoms with E-state index < -0.39 is 18.2 Å². The Kier molecular flexibility index (Phi) is 6.64. The summed E-state index contributed by atoms with van der Waals surface area (Å²) in [5.41, 5.74) is 2.84. The van der Waals surface area contributed by atoms with E-state index in [1.54, 1.807) is 6.92 Å². The van der Waals surface area contributed by atoms with E-state index in [4.69, 9.17) is 16.3 Å². The lowest BCUT2D eigenvalue weighted by molar-refractivity contribution is 0.106. The van der Waals surface area contributed by atoms with Gasteiger partial charge in [0, 0.05) is 11.4 Å². The summed E-state index contributed by atoms with van der Waals surface area (Å²) in [6.07, 6.45) is -0.828. The van der Waals surface area contributed by atoms with Gasteiger partial charge in [-0.3, -0.25) is 0 Å². The molecule has 128 valence electrons. The van der Waals surface area contributed by atoms with Crippen molar-refractivity contribution in [2.45, 2.75) is 39.0 Å². The molecule has 2 atom stereocenters. The van der Waals surface area contributed by atoms with E-state index in [2.05, 4.69) is 5.32 Å². The molecule has 2 rings (SSSR count). The third-order valence-electron chi connectivity index (χ3n) is 3.80. The van der Waals surface area contributed by atoms with Gasteiger partial charge in [-0.25, -0.2) is 4.79 Å². The number of hydrogen-bond donors (Lipinski definition) is 2. The largest absolute Gasteiger partial charge is 0.445 e. The van der Waals surface area contributed by atoms with Crippen molar-refractivity contribution in [3.63, 3.8) is 0 Å². The number of aliphatic hydroxyl groups excluding tert-OH is 1. The van der Waals surface area contributed by atoms with Gasteiger partial charge in [0.25, 0.3) is 0 Å². The molecule has 1 amide bonds. The standard InChI is InChI=1S/C19H22ClNO3/c1-13-10-16(8-9-17(13)20)11-18(22)14(2)21-19(23)24-12-15-6-4-3-5-7-15/h3-10,14,18,22H,11-12H2,1-2H3,(H,21,23). The minimum atomic E-state index is -0.713. The van der Waals surface area contributed by atoms with Crippen molar-refractivity contribution in [2.75, 3.05) is 0 Å². The molecule has 5 heteroatoms. The first kappa shape index (κ1) is 18.3. The number of halogens is 1. The number of nitrogens with one attached hydrogen (secondary N) is 1. The molecule has 0 bridgehead atoms. The first-order chi connectivity index (χ1) is 11.5. The molecule has 0 spiro atoms. The van der Waals surface area contributed by atoms with Crippen LogP contribution in [-0.4, -0.2) is 23.3 Å². The van der Waals surface area contributed by atoms with Crippen LogP contribution in [0.3, 0.4) is 0 Å². The SMILES string of the molecule is Cc1cc(CC(O)C(C)NC(=O)OCc2ccccc2)ccc1Cl. The summed E-state index contributed by atoms with van der Waals surface area (Å²) >= 11 is 6.00. The summed E-state index contributed by atoms with van der Waals surface area (Å²) in [4.78, 5) is 11.8. The lowest BCUT2D eigenvalue weighted by Crippen LogP contribution is -2.42. The molecule has 2 aromatic rings. The van der Waals surface area contributed by atoms with Gasteiger partial charge in [0.15, 0.2) is 0 Å². The lowest BCUT2D eigenvalue weighted by atomic mass is 10.0. The van der Waals surface area contributed by atoms with Crippen molar-refractivity contribution in [3.05, 3.63) is 70.2 Å². The van der Waals surface area contributed by atoms with Crippen molar-refractivity contribution in [2.24, 2.45) is 0 Å². The van der Waals surface area contributed by atoms with E-state index in [-0.39, 0.29) is 6.61 Å². The zero-order valence-electron chi connectivity index (χ0n) is 13.8. The molecule has 0 aliphatic rings. The maximum atomic E-state index is 11.8. The highest BCUT2D eigenvalue weighted by atomic mass is 35.5. The van der Waals surface area contributed by atoms with E-state index in [1.165, 1.54) is 0 Å². The Morgan fingerprint density at radius 2 is 1.92 bits per heavy atom. The van der Waals surface area contributed by atoms with E-state index in [9.17, 15) is 9.90 Å². The second-order valence-electron chi connectivity index (χ2n) is 5.85. The summed E-state index contributed by atoms with van der Waals surface area (Å²) < 4.78 is 5.16. The van der Waals surface area contributed by atoms with Gasteiger partial charge in [-0.05, 0) is 36.6 Å². The Bertz CT molecular complexity index is 676. The van der Waals surface area contributed by atoms with Crippen LogP contribution in [0.4, 0.5) is 4.79 Å². The summed E-state index contributed by atoms with van der Waals surface area (Å²) in [5.74, 6) is 0. The van der Waals surface area contributed by atoms with E-state index in [0.29, 0.717) is 11.4 Å². The number of ether oxygens (including phenoxy) is 1. The zero-order chi connectivity index (χ0) is 17.5. The van der Waals surface area contributed by atoms with Crippen LogP contribution in [0, 0.1) is 6.92 Å². The highest BCUT2D eigenvalue weighted by molar-refractivity contribution is 6.31. The molecule has 2 unspecified atom stereocenters. The molecular weight excluding hydrogens is 326 g/mol. The normalized spacial score (nSPS) is 13.2. The van der Waals surface area contributed by atoms with Crippen LogP contribution >= 0.6 is 11.6 Å². The van der Waals surface area contributed by atoms with Gasteiger partial charge in [-0.15, -0.1) is 0 Å². The van der Waals surface area contributed by atoms with Gasteiger partial charge >= 0.3 is 6.09 Å². The quantitative estimate of drug-likeness (QED) is 0.834. The minimum Gasteiger partial charge on any atom is -0.445 e. The van der Waals surface area contributed by atoms with Crippen LogP contribution in [0.1, 0.15) is 23.6 Å². The fourth-order valence-electron chi connectivity index (χ4n) is 2.30. The Morgan fingerprint density at radius 3 is 2.58 bits per heavy atom. The van der Waals surface area contributed by atoms with Gasteiger partial charge in [0.05, 0.1) is 12.1 Å². The molecule has 24 heavy (non-hydrogen) atoms. The van der Waals surface area contributed by atoms with Gasteiger partial charge in [0.1, 0.15) is 6.61 Å². The molecule has 2 aromatic carbocycles. The maximum absolute atomic E-state index is 11.8. The molecule has 0 aromatic heterocycles. The van der Waals surface area contributed by atoms with Crippen LogP contribution in [-0.2, 0) is 17.8 Å². The number of carbonyl (C=O) groups excluding carboxylic acids is 1. The molecule has 0 saturated carbocycles. The van der Waals surface area contributed by atoms with Crippen molar-refractivity contribution < 1.29 is 14.6 Å². The van der Waals surface area contributed by atoms with Crippen molar-refractivity contribution in [1.29, 1.82) is 0 Å². The fraction of sp³-hybridized carbons (Fsp3) is 0.316. The number of aliphatic hydroxyl groups is 1. The van der Waals surface area contributed by atoms with Gasteiger partial charge in [0.2, 0.25) is 0 Å². The van der Waals surface area contributed by atoms with Crippen LogP contribution in [0.15, 0.2) is 48.5 Å². The third-order valence-corrected chi connectivity index (χ3v) is 4.23. The molecule has 0 aliphatic heterocycles. The van der Waals surface area contributed by atoms with Gasteiger partial charge in [-0.2, -0.15) is 0 Å². The molecule has 0 aliphatic carbocycles. The molecule has 2 N–H and O–H groups in total. The maximum Gasteiger partial charge on any atom is 0.407 e. The van der Waals surface area contributed by atoms with Gasteiger partial charge < -0.3 is 15.2 Å². The second kappa shape index (κ2) is 8.71. The average molecular weight is 348 g/mol.